The first-order valence-corrected chi connectivity index (χ1v) is 4.95. The summed E-state index contributed by atoms with van der Waals surface area (Å²) in [6.07, 6.45) is 10.4. The summed E-state index contributed by atoms with van der Waals surface area (Å²) in [6, 6.07) is 3.57. The third-order valence-corrected chi connectivity index (χ3v) is 2.98. The van der Waals surface area contributed by atoms with Gasteiger partial charge in [0.15, 0.2) is 0 Å². The molecule has 0 amide bonds. The Kier molecular flexibility index (Phi) is 1.51. The second-order valence-corrected chi connectivity index (χ2v) is 3.84. The van der Waals surface area contributed by atoms with Crippen molar-refractivity contribution in [1.82, 2.24) is 4.57 Å². The fourth-order valence-corrected chi connectivity index (χ4v) is 2.32. The summed E-state index contributed by atoms with van der Waals surface area (Å²) in [5.41, 5.74) is 2.48. The van der Waals surface area contributed by atoms with E-state index in [0.717, 1.165) is 12.8 Å². The second kappa shape index (κ2) is 2.71. The summed E-state index contributed by atoms with van der Waals surface area (Å²) in [6.45, 7) is 0. The summed E-state index contributed by atoms with van der Waals surface area (Å²) in [5, 5.41) is 0. The highest BCUT2D eigenvalue weighted by Gasteiger charge is 2.21. The van der Waals surface area contributed by atoms with E-state index in [1.165, 1.54) is 11.3 Å². The van der Waals surface area contributed by atoms with Crippen molar-refractivity contribution in [2.24, 2.45) is 0 Å². The molecule has 0 saturated heterocycles. The number of hydrogen-bond donors (Lipinski definition) is 0. The summed E-state index contributed by atoms with van der Waals surface area (Å²) >= 11 is 0. The van der Waals surface area contributed by atoms with Crippen molar-refractivity contribution in [1.29, 1.82) is 0 Å². The molecule has 1 aliphatic heterocycles. The molecule has 1 aliphatic carbocycles. The molecule has 0 bridgehead atoms. The minimum Gasteiger partial charge on any atom is -0.288 e. The molecule has 2 nitrogen and oxygen atoms in total. The summed E-state index contributed by atoms with van der Waals surface area (Å²) < 4.78 is 1.78. The van der Waals surface area contributed by atoms with Crippen LogP contribution in [0.25, 0.3) is 12.3 Å². The molecular weight excluding hydrogens is 174 g/mol. The van der Waals surface area contributed by atoms with Crippen LogP contribution in [0.5, 0.6) is 0 Å². The van der Waals surface area contributed by atoms with Crippen LogP contribution in [0.1, 0.15) is 30.0 Å². The molecule has 1 aromatic heterocycles. The number of rotatable bonds is 0. The predicted octanol–water partition coefficient (Wildman–Crippen LogP) is 2.22. The highest BCUT2D eigenvalue weighted by atomic mass is 16.1. The molecule has 2 heterocycles. The molecule has 0 fully saturated rings. The van der Waals surface area contributed by atoms with Crippen LogP contribution in [0.15, 0.2) is 29.1 Å². The lowest BCUT2D eigenvalue weighted by molar-refractivity contribution is 0.641. The van der Waals surface area contributed by atoms with Gasteiger partial charge in [0.2, 0.25) is 0 Å². The van der Waals surface area contributed by atoms with Crippen LogP contribution >= 0.6 is 0 Å². The quantitative estimate of drug-likeness (QED) is 0.607. The van der Waals surface area contributed by atoms with E-state index in [0.29, 0.717) is 5.92 Å². The van der Waals surface area contributed by atoms with Crippen LogP contribution in [0.2, 0.25) is 0 Å². The van der Waals surface area contributed by atoms with E-state index in [9.17, 15) is 4.79 Å². The van der Waals surface area contributed by atoms with E-state index in [-0.39, 0.29) is 5.56 Å². The maximum Gasteiger partial charge on any atom is 0.254 e. The van der Waals surface area contributed by atoms with Crippen LogP contribution < -0.4 is 5.56 Å². The van der Waals surface area contributed by atoms with Crippen LogP contribution in [0, 0.1) is 0 Å². The van der Waals surface area contributed by atoms with E-state index in [2.05, 4.69) is 18.2 Å². The van der Waals surface area contributed by atoms with Crippen LogP contribution in [-0.2, 0) is 0 Å². The first kappa shape index (κ1) is 7.80. The largest absolute Gasteiger partial charge is 0.288 e. The Balaban J connectivity index is 2.39. The lowest BCUT2D eigenvalue weighted by Gasteiger charge is -2.26. The Hall–Kier alpha value is -1.57. The van der Waals surface area contributed by atoms with Gasteiger partial charge < -0.3 is 0 Å². The van der Waals surface area contributed by atoms with Crippen LogP contribution in [0.3, 0.4) is 0 Å². The Labute approximate surface area is 82.2 Å². The van der Waals surface area contributed by atoms with Crippen molar-refractivity contribution in [3.8, 4) is 0 Å². The van der Waals surface area contributed by atoms with E-state index in [1.54, 1.807) is 10.6 Å². The lowest BCUT2D eigenvalue weighted by Crippen LogP contribution is -2.24. The van der Waals surface area contributed by atoms with Gasteiger partial charge in [0, 0.05) is 23.9 Å². The molecule has 0 spiro atoms. The van der Waals surface area contributed by atoms with E-state index in [4.69, 9.17) is 0 Å². The Morgan fingerprint density at radius 1 is 1.21 bits per heavy atom. The van der Waals surface area contributed by atoms with Crippen LogP contribution in [0.4, 0.5) is 0 Å². The van der Waals surface area contributed by atoms with Gasteiger partial charge in [0.25, 0.3) is 5.56 Å². The minimum atomic E-state index is 0.0833. The smallest absolute Gasteiger partial charge is 0.254 e. The Bertz CT molecular complexity index is 494. The van der Waals surface area contributed by atoms with Gasteiger partial charge in [0.1, 0.15) is 0 Å². The summed E-state index contributed by atoms with van der Waals surface area (Å²) in [4.78, 5) is 11.6. The Morgan fingerprint density at radius 3 is 3.00 bits per heavy atom. The summed E-state index contributed by atoms with van der Waals surface area (Å²) in [7, 11) is 0. The van der Waals surface area contributed by atoms with Crippen molar-refractivity contribution in [2.75, 3.05) is 0 Å². The van der Waals surface area contributed by atoms with Gasteiger partial charge in [0.05, 0.1) is 0 Å². The van der Waals surface area contributed by atoms with Gasteiger partial charge in [-0.3, -0.25) is 9.36 Å². The van der Waals surface area contributed by atoms with Crippen molar-refractivity contribution in [3.63, 3.8) is 0 Å². The third kappa shape index (κ3) is 0.939. The number of aromatic nitrogens is 1. The standard InChI is InChI=1S/C12H11NO/c14-11-7-6-10-4-1-3-9-5-2-8-13(11)12(9)10/h1-2,4,6-9H,3,5H2. The Morgan fingerprint density at radius 2 is 2.07 bits per heavy atom. The molecule has 1 aromatic rings. The average molecular weight is 185 g/mol. The molecule has 0 radical (unpaired) electrons. The molecular formula is C12H11NO. The summed E-state index contributed by atoms with van der Waals surface area (Å²) in [5.74, 6) is 0.508. The zero-order valence-electron chi connectivity index (χ0n) is 7.81. The van der Waals surface area contributed by atoms with Gasteiger partial charge >= 0.3 is 0 Å². The molecule has 14 heavy (non-hydrogen) atoms. The maximum absolute atomic E-state index is 11.6. The van der Waals surface area contributed by atoms with Crippen molar-refractivity contribution in [3.05, 3.63) is 45.9 Å². The minimum absolute atomic E-state index is 0.0833. The van der Waals surface area contributed by atoms with E-state index < -0.39 is 0 Å². The number of allylic oxidation sites excluding steroid dienone is 2. The number of pyridine rings is 1. The average Bonchev–Trinajstić information content (AvgIpc) is 2.24. The third-order valence-electron chi connectivity index (χ3n) is 2.98. The first-order valence-electron chi connectivity index (χ1n) is 4.95. The molecule has 70 valence electrons. The zero-order valence-corrected chi connectivity index (χ0v) is 7.81. The van der Waals surface area contributed by atoms with Gasteiger partial charge in [-0.25, -0.2) is 0 Å². The van der Waals surface area contributed by atoms with Gasteiger partial charge in [-0.1, -0.05) is 18.2 Å². The van der Waals surface area contributed by atoms with E-state index in [1.807, 2.05) is 12.3 Å². The monoisotopic (exact) mass is 185 g/mol. The first-order chi connectivity index (χ1) is 6.86. The molecule has 1 atom stereocenters. The van der Waals surface area contributed by atoms with Crippen molar-refractivity contribution >= 4 is 12.3 Å². The normalized spacial score (nSPS) is 22.1. The second-order valence-electron chi connectivity index (χ2n) is 3.84. The van der Waals surface area contributed by atoms with Crippen molar-refractivity contribution < 1.29 is 0 Å². The lowest BCUT2D eigenvalue weighted by atomic mass is 9.87. The highest BCUT2D eigenvalue weighted by Crippen LogP contribution is 2.33. The highest BCUT2D eigenvalue weighted by molar-refractivity contribution is 5.58. The predicted molar refractivity (Wildman–Crippen MR) is 57.0 cm³/mol. The molecule has 1 unspecified atom stereocenters. The zero-order chi connectivity index (χ0) is 9.54. The molecule has 2 heteroatoms. The molecule has 3 rings (SSSR count). The van der Waals surface area contributed by atoms with Crippen LogP contribution in [-0.4, -0.2) is 4.57 Å². The molecule has 0 aromatic carbocycles. The van der Waals surface area contributed by atoms with Gasteiger partial charge in [-0.05, 0) is 24.5 Å². The maximum atomic E-state index is 11.6. The molecule has 0 saturated carbocycles. The number of nitrogens with zero attached hydrogens (tertiary/aromatic N) is 1. The van der Waals surface area contributed by atoms with Gasteiger partial charge in [-0.2, -0.15) is 0 Å². The topological polar surface area (TPSA) is 22.0 Å². The molecule has 0 N–H and O–H groups in total. The number of hydrogen-bond acceptors (Lipinski definition) is 1. The van der Waals surface area contributed by atoms with Crippen molar-refractivity contribution in [2.45, 2.75) is 18.8 Å². The fraction of sp³-hybridized carbons (Fsp3) is 0.250. The molecule has 2 aliphatic rings. The fourth-order valence-electron chi connectivity index (χ4n) is 2.32. The van der Waals surface area contributed by atoms with Gasteiger partial charge in [-0.15, -0.1) is 0 Å². The SMILES string of the molecule is O=c1ccc2c3n1C=CCC3CC=C2. The van der Waals surface area contributed by atoms with E-state index >= 15 is 0 Å².